The molecule has 0 aliphatic carbocycles. The average molecular weight is 305 g/mol. The standard InChI is InChI=1S/C15H13ClN2O3/c1-10-15(21)13(19)8-9-18(10)17-14(20)7-6-11-4-2-3-5-12(11)16/h2-9,21H,1H3,(H,17,20)/b7-6+. The molecule has 1 aromatic heterocycles. The van der Waals surface area contributed by atoms with Crippen molar-refractivity contribution < 1.29 is 9.90 Å². The van der Waals surface area contributed by atoms with Crippen molar-refractivity contribution in [2.45, 2.75) is 6.92 Å². The third-order valence-electron chi connectivity index (χ3n) is 2.86. The SMILES string of the molecule is Cc1c(O)c(=O)ccn1NC(=O)/C=C/c1ccccc1Cl. The molecule has 0 spiro atoms. The Morgan fingerprint density at radius 1 is 1.33 bits per heavy atom. The summed E-state index contributed by atoms with van der Waals surface area (Å²) >= 11 is 5.98. The Morgan fingerprint density at radius 3 is 2.76 bits per heavy atom. The molecule has 0 saturated heterocycles. The first-order valence-corrected chi connectivity index (χ1v) is 6.51. The van der Waals surface area contributed by atoms with E-state index in [0.717, 1.165) is 0 Å². The first-order valence-electron chi connectivity index (χ1n) is 6.14. The van der Waals surface area contributed by atoms with Gasteiger partial charge in [0.25, 0.3) is 5.91 Å². The lowest BCUT2D eigenvalue weighted by molar-refractivity contribution is -0.112. The number of halogens is 1. The van der Waals surface area contributed by atoms with E-state index < -0.39 is 17.1 Å². The number of carbonyl (C=O) groups excluding carboxylic acids is 1. The van der Waals surface area contributed by atoms with Crippen molar-refractivity contribution in [3.05, 3.63) is 69.1 Å². The van der Waals surface area contributed by atoms with Crippen LogP contribution in [0.15, 0.2) is 47.4 Å². The second-order valence-electron chi connectivity index (χ2n) is 4.31. The molecular weight excluding hydrogens is 292 g/mol. The Balaban J connectivity index is 2.14. The van der Waals surface area contributed by atoms with E-state index in [1.54, 1.807) is 24.3 Å². The molecule has 1 aromatic carbocycles. The van der Waals surface area contributed by atoms with Gasteiger partial charge < -0.3 is 5.11 Å². The lowest BCUT2D eigenvalue weighted by Crippen LogP contribution is -2.24. The molecule has 2 rings (SSSR count). The van der Waals surface area contributed by atoms with Gasteiger partial charge in [-0.3, -0.25) is 19.7 Å². The molecule has 0 fully saturated rings. The number of amides is 1. The minimum atomic E-state index is -0.496. The molecule has 0 unspecified atom stereocenters. The largest absolute Gasteiger partial charge is 0.503 e. The van der Waals surface area contributed by atoms with Gasteiger partial charge >= 0.3 is 0 Å². The van der Waals surface area contributed by atoms with Gasteiger partial charge in [-0.2, -0.15) is 0 Å². The maximum absolute atomic E-state index is 11.8. The zero-order valence-corrected chi connectivity index (χ0v) is 12.0. The molecule has 6 heteroatoms. The monoisotopic (exact) mass is 304 g/mol. The van der Waals surface area contributed by atoms with E-state index in [9.17, 15) is 14.7 Å². The Bertz CT molecular complexity index is 766. The van der Waals surface area contributed by atoms with Gasteiger partial charge in [-0.1, -0.05) is 29.8 Å². The van der Waals surface area contributed by atoms with E-state index in [2.05, 4.69) is 5.43 Å². The summed E-state index contributed by atoms with van der Waals surface area (Å²) in [6, 6.07) is 8.28. The van der Waals surface area contributed by atoms with Crippen molar-refractivity contribution in [2.75, 3.05) is 5.43 Å². The molecule has 0 bridgehead atoms. The van der Waals surface area contributed by atoms with E-state index in [1.807, 2.05) is 6.07 Å². The highest BCUT2D eigenvalue weighted by atomic mass is 35.5. The highest BCUT2D eigenvalue weighted by Crippen LogP contribution is 2.16. The minimum absolute atomic E-state index is 0.252. The van der Waals surface area contributed by atoms with Crippen LogP contribution in [0.5, 0.6) is 5.75 Å². The summed E-state index contributed by atoms with van der Waals surface area (Å²) in [4.78, 5) is 23.0. The van der Waals surface area contributed by atoms with Crippen LogP contribution in [0.2, 0.25) is 5.02 Å². The summed E-state index contributed by atoms with van der Waals surface area (Å²) < 4.78 is 1.27. The topological polar surface area (TPSA) is 71.3 Å². The van der Waals surface area contributed by atoms with Gasteiger partial charge in [-0.25, -0.2) is 0 Å². The van der Waals surface area contributed by atoms with Crippen molar-refractivity contribution in [1.82, 2.24) is 4.68 Å². The normalized spacial score (nSPS) is 10.8. The predicted octanol–water partition coefficient (Wildman–Crippen LogP) is 2.30. The van der Waals surface area contributed by atoms with Crippen molar-refractivity contribution in [3.63, 3.8) is 0 Å². The lowest BCUT2D eigenvalue weighted by atomic mass is 10.2. The fourth-order valence-corrected chi connectivity index (χ4v) is 1.88. The molecular formula is C15H13ClN2O3. The third kappa shape index (κ3) is 3.52. The van der Waals surface area contributed by atoms with Crippen LogP contribution in [-0.4, -0.2) is 15.7 Å². The second-order valence-corrected chi connectivity index (χ2v) is 4.72. The van der Waals surface area contributed by atoms with Gasteiger partial charge in [0.15, 0.2) is 5.75 Å². The zero-order valence-electron chi connectivity index (χ0n) is 11.2. The quantitative estimate of drug-likeness (QED) is 0.855. The number of nitrogens with zero attached hydrogens (tertiary/aromatic N) is 1. The fraction of sp³-hybridized carbons (Fsp3) is 0.0667. The van der Waals surface area contributed by atoms with Gasteiger partial charge in [-0.15, -0.1) is 0 Å². The Hall–Kier alpha value is -2.53. The number of hydrogen-bond acceptors (Lipinski definition) is 3. The summed E-state index contributed by atoms with van der Waals surface area (Å²) in [5.41, 5.74) is 2.99. The summed E-state index contributed by atoms with van der Waals surface area (Å²) in [6.45, 7) is 1.52. The van der Waals surface area contributed by atoms with Crippen molar-refractivity contribution >= 4 is 23.6 Å². The van der Waals surface area contributed by atoms with Gasteiger partial charge in [0.1, 0.15) is 0 Å². The van der Waals surface area contributed by atoms with Crippen LogP contribution in [0, 0.1) is 6.92 Å². The van der Waals surface area contributed by atoms with E-state index in [1.165, 1.54) is 29.9 Å². The molecule has 0 aliphatic heterocycles. The van der Waals surface area contributed by atoms with Gasteiger partial charge in [0.2, 0.25) is 5.43 Å². The number of rotatable bonds is 3. The van der Waals surface area contributed by atoms with Gasteiger partial charge in [0, 0.05) is 23.4 Å². The highest BCUT2D eigenvalue weighted by Gasteiger charge is 2.06. The zero-order chi connectivity index (χ0) is 15.4. The molecule has 2 N–H and O–H groups in total. The molecule has 0 radical (unpaired) electrons. The van der Waals surface area contributed by atoms with E-state index in [4.69, 9.17) is 11.6 Å². The second kappa shape index (κ2) is 6.28. The molecule has 0 aliphatic rings. The average Bonchev–Trinajstić information content (AvgIpc) is 2.47. The van der Waals surface area contributed by atoms with E-state index >= 15 is 0 Å². The minimum Gasteiger partial charge on any atom is -0.503 e. The van der Waals surface area contributed by atoms with Crippen LogP contribution in [0.4, 0.5) is 0 Å². The summed E-state index contributed by atoms with van der Waals surface area (Å²) in [5, 5.41) is 10.1. The fourth-order valence-electron chi connectivity index (χ4n) is 1.68. The third-order valence-corrected chi connectivity index (χ3v) is 3.21. The molecule has 0 saturated carbocycles. The summed E-state index contributed by atoms with van der Waals surface area (Å²) in [5.74, 6) is -0.811. The number of carbonyl (C=O) groups is 1. The Labute approximate surface area is 126 Å². The van der Waals surface area contributed by atoms with Crippen molar-refractivity contribution in [2.24, 2.45) is 0 Å². The molecule has 21 heavy (non-hydrogen) atoms. The first-order chi connectivity index (χ1) is 9.99. The molecule has 108 valence electrons. The number of hydrogen-bond donors (Lipinski definition) is 2. The summed E-state index contributed by atoms with van der Waals surface area (Å²) in [7, 11) is 0. The maximum Gasteiger partial charge on any atom is 0.262 e. The van der Waals surface area contributed by atoms with Gasteiger partial charge in [-0.05, 0) is 24.6 Å². The van der Waals surface area contributed by atoms with E-state index in [0.29, 0.717) is 10.6 Å². The number of benzene rings is 1. The van der Waals surface area contributed by atoms with Crippen LogP contribution >= 0.6 is 11.6 Å². The number of aromatic nitrogens is 1. The first kappa shape index (κ1) is 14.9. The molecule has 0 atom stereocenters. The summed E-state index contributed by atoms with van der Waals surface area (Å²) in [6.07, 6.45) is 4.27. The maximum atomic E-state index is 11.8. The van der Waals surface area contributed by atoms with Crippen molar-refractivity contribution in [1.29, 1.82) is 0 Å². The Morgan fingerprint density at radius 2 is 2.05 bits per heavy atom. The number of aromatic hydroxyl groups is 1. The molecule has 1 amide bonds. The predicted molar refractivity (Wildman–Crippen MR) is 82.0 cm³/mol. The number of pyridine rings is 1. The van der Waals surface area contributed by atoms with Crippen molar-refractivity contribution in [3.8, 4) is 5.75 Å². The van der Waals surface area contributed by atoms with Crippen LogP contribution in [0.3, 0.4) is 0 Å². The smallest absolute Gasteiger partial charge is 0.262 e. The lowest BCUT2D eigenvalue weighted by Gasteiger charge is -2.11. The Kier molecular flexibility index (Phi) is 4.45. The molecule has 2 aromatic rings. The van der Waals surface area contributed by atoms with Crippen LogP contribution < -0.4 is 10.9 Å². The number of nitrogens with one attached hydrogen (secondary N) is 1. The van der Waals surface area contributed by atoms with E-state index in [-0.39, 0.29) is 5.69 Å². The van der Waals surface area contributed by atoms with Crippen LogP contribution in [-0.2, 0) is 4.79 Å². The van der Waals surface area contributed by atoms with Crippen LogP contribution in [0.25, 0.3) is 6.08 Å². The molecule has 1 heterocycles. The highest BCUT2D eigenvalue weighted by molar-refractivity contribution is 6.32. The van der Waals surface area contributed by atoms with Gasteiger partial charge in [0.05, 0.1) is 5.69 Å². The van der Waals surface area contributed by atoms with Crippen LogP contribution in [0.1, 0.15) is 11.3 Å². The molecule has 5 nitrogen and oxygen atoms in total.